The van der Waals surface area contributed by atoms with E-state index in [1.54, 1.807) is 5.01 Å². The van der Waals surface area contributed by atoms with Gasteiger partial charge in [-0.2, -0.15) is 5.01 Å². The lowest BCUT2D eigenvalue weighted by atomic mass is 10.0. The molecule has 2 unspecified atom stereocenters. The number of carbonyl (C=O) groups excluding carboxylic acids is 2. The zero-order chi connectivity index (χ0) is 23.6. The van der Waals surface area contributed by atoms with Crippen LogP contribution in [-0.4, -0.2) is 51.9 Å². The third kappa shape index (κ3) is 4.75. The summed E-state index contributed by atoms with van der Waals surface area (Å²) in [6.07, 6.45) is 0.549. The summed E-state index contributed by atoms with van der Waals surface area (Å²) in [7, 11) is 0. The van der Waals surface area contributed by atoms with Crippen LogP contribution in [-0.2, 0) is 17.8 Å². The average Bonchev–Trinajstić information content (AvgIpc) is 3.21. The average molecular weight is 451 g/mol. The molecule has 2 aliphatic rings. The normalized spacial score (nSPS) is 27.5. The zero-order valence-electron chi connectivity index (χ0n) is 19.7. The third-order valence-corrected chi connectivity index (χ3v) is 6.59. The Labute approximate surface area is 196 Å². The van der Waals surface area contributed by atoms with Gasteiger partial charge in [-0.05, 0) is 38.3 Å². The number of benzene rings is 2. The molecule has 33 heavy (non-hydrogen) atoms. The minimum absolute atomic E-state index is 0.160. The van der Waals surface area contributed by atoms with Crippen LogP contribution in [0.1, 0.15) is 44.7 Å². The first-order valence-electron chi connectivity index (χ1n) is 11.7. The number of hydrogen-bond acceptors (Lipinski definition) is 3. The van der Waals surface area contributed by atoms with E-state index in [1.807, 2.05) is 81.4 Å². The Morgan fingerprint density at radius 3 is 2.30 bits per heavy atom. The van der Waals surface area contributed by atoms with Crippen molar-refractivity contribution in [3.8, 4) is 0 Å². The van der Waals surface area contributed by atoms with E-state index in [9.17, 15) is 14.7 Å². The Balaban J connectivity index is 1.72. The zero-order valence-corrected chi connectivity index (χ0v) is 19.7. The molecule has 2 aromatic carbocycles. The van der Waals surface area contributed by atoms with Crippen molar-refractivity contribution >= 4 is 11.9 Å². The summed E-state index contributed by atoms with van der Waals surface area (Å²) < 4.78 is -0.167. The molecule has 0 radical (unpaired) electrons. The Bertz CT molecular complexity index is 976. The molecule has 4 atom stereocenters. The lowest BCUT2D eigenvalue weighted by Gasteiger charge is -2.58. The van der Waals surface area contributed by atoms with Crippen LogP contribution in [0.25, 0.3) is 0 Å². The van der Waals surface area contributed by atoms with Crippen molar-refractivity contribution in [2.75, 3.05) is 6.54 Å². The summed E-state index contributed by atoms with van der Waals surface area (Å²) in [6.45, 7) is 6.55. The second-order valence-corrected chi connectivity index (χ2v) is 10.2. The largest absolute Gasteiger partial charge is 0.803 e. The van der Waals surface area contributed by atoms with Gasteiger partial charge in [0.1, 0.15) is 6.54 Å². The van der Waals surface area contributed by atoms with E-state index >= 15 is 0 Å². The molecule has 4 rings (SSSR count). The number of urea groups is 1. The lowest BCUT2D eigenvalue weighted by molar-refractivity contribution is -1.10. The molecule has 0 aromatic heterocycles. The van der Waals surface area contributed by atoms with Crippen molar-refractivity contribution in [1.82, 2.24) is 15.6 Å². The van der Waals surface area contributed by atoms with Crippen molar-refractivity contribution in [1.29, 1.82) is 0 Å². The van der Waals surface area contributed by atoms with E-state index in [1.165, 1.54) is 0 Å². The second-order valence-electron chi connectivity index (χ2n) is 10.2. The van der Waals surface area contributed by atoms with Crippen molar-refractivity contribution in [2.24, 2.45) is 0 Å². The summed E-state index contributed by atoms with van der Waals surface area (Å²) in [5, 5.41) is 21.8. The standard InChI is InChI=1S/C26H34N4O3/c1-26(2,3)28-23(31)22-15-10-16-30(22)24(32)21(17-19-11-6-4-7-12-19)27-25(33)29(30)18-20-13-8-5-9-14-20/h4-9,11-14,21-22,24H,10,15-18H2,1-3H3,(H,27,33)(H,28,31)/t21-,22-,24?,30?/m0/s1. The van der Waals surface area contributed by atoms with E-state index in [4.69, 9.17) is 0 Å². The summed E-state index contributed by atoms with van der Waals surface area (Å²) in [5.41, 5.74) is 1.50. The van der Waals surface area contributed by atoms with Gasteiger partial charge in [0.2, 0.25) is 0 Å². The molecule has 2 saturated heterocycles. The van der Waals surface area contributed by atoms with Crippen LogP contribution in [0.2, 0.25) is 0 Å². The van der Waals surface area contributed by atoms with Gasteiger partial charge in [-0.3, -0.25) is 4.79 Å². The maximum Gasteiger partial charge on any atom is 0.362 e. The van der Waals surface area contributed by atoms with E-state index in [0.717, 1.165) is 17.5 Å². The topological polar surface area (TPSA) is 84.5 Å². The van der Waals surface area contributed by atoms with Gasteiger partial charge in [-0.1, -0.05) is 60.7 Å². The molecule has 3 amide bonds. The van der Waals surface area contributed by atoms with Gasteiger partial charge in [0.05, 0.1) is 18.8 Å². The number of hydrogen-bond donors (Lipinski definition) is 2. The maximum absolute atomic E-state index is 14.2. The minimum Gasteiger partial charge on any atom is -0.803 e. The SMILES string of the molecule is CC(C)(C)NC(=O)[C@@H]1CCC[N+]12C([O-])[C@H](Cc1ccccc1)NC(=O)N2Cc1ccccc1. The molecule has 0 aliphatic carbocycles. The number of nitrogens with one attached hydrogen (secondary N) is 2. The highest BCUT2D eigenvalue weighted by molar-refractivity contribution is 5.82. The van der Waals surface area contributed by atoms with Crippen molar-refractivity contribution < 1.29 is 19.3 Å². The molecule has 2 heterocycles. The Hall–Kier alpha value is -2.90. The molecule has 1 spiro atoms. The molecule has 2 N–H and O–H groups in total. The smallest absolute Gasteiger partial charge is 0.362 e. The highest BCUT2D eigenvalue weighted by Gasteiger charge is 2.58. The third-order valence-electron chi connectivity index (χ3n) is 6.59. The lowest BCUT2D eigenvalue weighted by Crippen LogP contribution is -2.83. The first-order chi connectivity index (χ1) is 15.7. The van der Waals surface area contributed by atoms with Gasteiger partial charge in [0.25, 0.3) is 5.91 Å². The second kappa shape index (κ2) is 9.15. The molecular weight excluding hydrogens is 416 g/mol. The van der Waals surface area contributed by atoms with Crippen molar-refractivity contribution in [2.45, 2.75) is 70.4 Å². The van der Waals surface area contributed by atoms with Gasteiger partial charge in [-0.15, -0.1) is 0 Å². The number of nitrogens with zero attached hydrogens (tertiary/aromatic N) is 2. The van der Waals surface area contributed by atoms with E-state index in [-0.39, 0.29) is 23.1 Å². The van der Waals surface area contributed by atoms with Crippen LogP contribution < -0.4 is 15.7 Å². The Morgan fingerprint density at radius 2 is 1.70 bits per heavy atom. The van der Waals surface area contributed by atoms with Gasteiger partial charge in [-0.25, -0.2) is 9.39 Å². The fourth-order valence-electron chi connectivity index (χ4n) is 5.20. The first-order valence-corrected chi connectivity index (χ1v) is 11.7. The Morgan fingerprint density at radius 1 is 1.09 bits per heavy atom. The molecule has 7 nitrogen and oxygen atoms in total. The quantitative estimate of drug-likeness (QED) is 0.686. The molecule has 2 aliphatic heterocycles. The van der Waals surface area contributed by atoms with Crippen molar-refractivity contribution in [3.63, 3.8) is 0 Å². The maximum atomic E-state index is 14.2. The van der Waals surface area contributed by atoms with Crippen LogP contribution in [0.5, 0.6) is 0 Å². The van der Waals surface area contributed by atoms with Crippen LogP contribution in [0, 0.1) is 0 Å². The highest BCUT2D eigenvalue weighted by Crippen LogP contribution is 2.37. The fourth-order valence-corrected chi connectivity index (χ4v) is 5.20. The fraction of sp³-hybridized carbons (Fsp3) is 0.462. The van der Waals surface area contributed by atoms with Gasteiger partial charge < -0.3 is 15.7 Å². The van der Waals surface area contributed by atoms with Crippen LogP contribution in [0.4, 0.5) is 4.79 Å². The predicted octanol–water partition coefficient (Wildman–Crippen LogP) is 2.32. The molecule has 2 fully saturated rings. The van der Waals surface area contributed by atoms with Gasteiger partial charge >= 0.3 is 6.03 Å². The van der Waals surface area contributed by atoms with Gasteiger partial charge in [0, 0.05) is 18.4 Å². The predicted molar refractivity (Wildman–Crippen MR) is 124 cm³/mol. The van der Waals surface area contributed by atoms with Gasteiger partial charge in [0.15, 0.2) is 6.04 Å². The summed E-state index contributed by atoms with van der Waals surface area (Å²) in [4.78, 5) is 26.9. The van der Waals surface area contributed by atoms with Crippen LogP contribution >= 0.6 is 0 Å². The number of amides is 3. The number of rotatable bonds is 5. The molecule has 176 valence electrons. The molecule has 0 saturated carbocycles. The van der Waals surface area contributed by atoms with E-state index < -0.39 is 23.9 Å². The highest BCUT2D eigenvalue weighted by atomic mass is 16.3. The molecular formula is C26H34N4O3. The number of carbonyl (C=O) groups is 2. The first kappa shape index (κ1) is 23.3. The monoisotopic (exact) mass is 450 g/mol. The van der Waals surface area contributed by atoms with E-state index in [2.05, 4.69) is 10.6 Å². The van der Waals surface area contributed by atoms with Crippen molar-refractivity contribution in [3.05, 3.63) is 71.8 Å². The van der Waals surface area contributed by atoms with Crippen LogP contribution in [0.15, 0.2) is 60.7 Å². The van der Waals surface area contributed by atoms with Crippen LogP contribution in [0.3, 0.4) is 0 Å². The Kier molecular flexibility index (Phi) is 6.45. The minimum atomic E-state index is -1.19. The molecule has 2 aromatic rings. The summed E-state index contributed by atoms with van der Waals surface area (Å²) in [5.74, 6) is -0.160. The van der Waals surface area contributed by atoms with E-state index in [0.29, 0.717) is 19.4 Å². The summed E-state index contributed by atoms with van der Waals surface area (Å²) >= 11 is 0. The molecule has 7 heteroatoms. The number of quaternary nitrogens is 1. The summed E-state index contributed by atoms with van der Waals surface area (Å²) in [6, 6.07) is 17.9. The molecule has 0 bridgehead atoms.